The van der Waals surface area contributed by atoms with Crippen LogP contribution in [0.2, 0.25) is 5.02 Å². The van der Waals surface area contributed by atoms with Crippen LogP contribution in [0.1, 0.15) is 49.4 Å². The van der Waals surface area contributed by atoms with Crippen molar-refractivity contribution in [3.05, 3.63) is 28.8 Å². The number of imide groups is 1. The van der Waals surface area contributed by atoms with Gasteiger partial charge in [-0.3, -0.25) is 10.1 Å². The topological polar surface area (TPSA) is 93.7 Å². The van der Waals surface area contributed by atoms with E-state index >= 15 is 0 Å². The summed E-state index contributed by atoms with van der Waals surface area (Å²) in [6.45, 7) is 1.39. The Balaban J connectivity index is 1.88. The van der Waals surface area contributed by atoms with Crippen molar-refractivity contribution < 1.29 is 23.9 Å². The number of methoxy groups -OCH3 is 1. The summed E-state index contributed by atoms with van der Waals surface area (Å²) in [7, 11) is 1.41. The van der Waals surface area contributed by atoms with Crippen molar-refractivity contribution in [2.75, 3.05) is 7.11 Å². The van der Waals surface area contributed by atoms with E-state index in [1.807, 2.05) is 0 Å². The summed E-state index contributed by atoms with van der Waals surface area (Å²) in [6, 6.07) is 3.99. The number of hydrogen-bond donors (Lipinski definition) is 2. The molecule has 1 fully saturated rings. The molecule has 1 atom stereocenters. The summed E-state index contributed by atoms with van der Waals surface area (Å²) in [5.41, 5.74) is 0.103. The third-order valence-electron chi connectivity index (χ3n) is 4.21. The first-order chi connectivity index (χ1) is 12.4. The predicted molar refractivity (Wildman–Crippen MR) is 96.4 cm³/mol. The number of halogens is 1. The lowest BCUT2D eigenvalue weighted by atomic mass is 9.96. The van der Waals surface area contributed by atoms with Crippen LogP contribution in [0.5, 0.6) is 5.75 Å². The van der Waals surface area contributed by atoms with Crippen LogP contribution in [0.4, 0.5) is 4.79 Å². The zero-order valence-electron chi connectivity index (χ0n) is 14.8. The van der Waals surface area contributed by atoms with E-state index in [1.54, 1.807) is 6.07 Å². The molecule has 0 heterocycles. The Morgan fingerprint density at radius 2 is 1.88 bits per heavy atom. The van der Waals surface area contributed by atoms with E-state index in [4.69, 9.17) is 21.1 Å². The highest BCUT2D eigenvalue weighted by Gasteiger charge is 2.24. The quantitative estimate of drug-likeness (QED) is 0.763. The van der Waals surface area contributed by atoms with Crippen LogP contribution in [0, 0.1) is 0 Å². The maximum Gasteiger partial charge on any atom is 0.342 e. The first kappa shape index (κ1) is 20.0. The number of rotatable bonds is 5. The van der Waals surface area contributed by atoms with Crippen molar-refractivity contribution in [1.29, 1.82) is 0 Å². The number of hydrogen-bond acceptors (Lipinski definition) is 5. The van der Waals surface area contributed by atoms with Crippen molar-refractivity contribution in [3.63, 3.8) is 0 Å². The maximum absolute atomic E-state index is 12.3. The van der Waals surface area contributed by atoms with Gasteiger partial charge in [0, 0.05) is 11.1 Å². The average Bonchev–Trinajstić information content (AvgIpc) is 2.62. The van der Waals surface area contributed by atoms with Gasteiger partial charge in [-0.1, -0.05) is 30.9 Å². The van der Waals surface area contributed by atoms with E-state index in [0.717, 1.165) is 25.7 Å². The minimum Gasteiger partial charge on any atom is -0.496 e. The predicted octanol–water partition coefficient (Wildman–Crippen LogP) is 3.05. The zero-order valence-corrected chi connectivity index (χ0v) is 15.6. The molecule has 0 bridgehead atoms. The van der Waals surface area contributed by atoms with E-state index in [9.17, 15) is 14.4 Å². The van der Waals surface area contributed by atoms with Crippen LogP contribution < -0.4 is 15.4 Å². The van der Waals surface area contributed by atoms with Gasteiger partial charge in [-0.15, -0.1) is 0 Å². The molecule has 142 valence electrons. The number of carbonyl (C=O) groups is 3. The monoisotopic (exact) mass is 382 g/mol. The summed E-state index contributed by atoms with van der Waals surface area (Å²) < 4.78 is 10.2. The van der Waals surface area contributed by atoms with Crippen LogP contribution in [0.25, 0.3) is 0 Å². The number of carbonyl (C=O) groups excluding carboxylic acids is 3. The van der Waals surface area contributed by atoms with Crippen molar-refractivity contribution in [1.82, 2.24) is 10.6 Å². The molecule has 0 aromatic heterocycles. The van der Waals surface area contributed by atoms with Crippen LogP contribution >= 0.6 is 11.6 Å². The largest absolute Gasteiger partial charge is 0.496 e. The molecular formula is C18H23ClN2O5. The van der Waals surface area contributed by atoms with Crippen LogP contribution in [-0.4, -0.2) is 37.2 Å². The molecule has 0 saturated heterocycles. The van der Waals surface area contributed by atoms with E-state index in [2.05, 4.69) is 10.6 Å². The van der Waals surface area contributed by atoms with Gasteiger partial charge in [-0.25, -0.2) is 9.59 Å². The van der Waals surface area contributed by atoms with Gasteiger partial charge in [-0.2, -0.15) is 0 Å². The maximum atomic E-state index is 12.3. The average molecular weight is 383 g/mol. The Morgan fingerprint density at radius 1 is 1.19 bits per heavy atom. The standard InChI is InChI=1S/C18H23ClN2O5/c1-11(16(22)21-18(24)20-13-6-4-3-5-7-13)26-17(23)14-10-12(19)8-9-15(14)25-2/h8-11,13H,3-7H2,1-2H3,(H2,20,21,22,24)/t11-/m0/s1. The molecule has 2 rings (SSSR count). The van der Waals surface area contributed by atoms with E-state index in [0.29, 0.717) is 5.02 Å². The smallest absolute Gasteiger partial charge is 0.342 e. The second-order valence-electron chi connectivity index (χ2n) is 6.19. The lowest BCUT2D eigenvalue weighted by molar-refractivity contribution is -0.127. The molecule has 26 heavy (non-hydrogen) atoms. The lowest BCUT2D eigenvalue weighted by Gasteiger charge is -2.23. The fraction of sp³-hybridized carbons (Fsp3) is 0.500. The Morgan fingerprint density at radius 3 is 2.54 bits per heavy atom. The lowest BCUT2D eigenvalue weighted by Crippen LogP contribution is -2.48. The molecule has 1 aliphatic carbocycles. The Labute approximate surface area is 157 Å². The number of amides is 3. The molecule has 1 aromatic rings. The Hall–Kier alpha value is -2.28. The Kier molecular flexibility index (Phi) is 7.26. The van der Waals surface area contributed by atoms with E-state index in [1.165, 1.54) is 32.6 Å². The van der Waals surface area contributed by atoms with Gasteiger partial charge in [-0.05, 0) is 38.0 Å². The van der Waals surface area contributed by atoms with Gasteiger partial charge in [0.2, 0.25) is 0 Å². The summed E-state index contributed by atoms with van der Waals surface area (Å²) in [4.78, 5) is 36.2. The molecule has 7 nitrogen and oxygen atoms in total. The van der Waals surface area contributed by atoms with Crippen molar-refractivity contribution in [2.45, 2.75) is 51.2 Å². The van der Waals surface area contributed by atoms with Crippen molar-refractivity contribution >= 4 is 29.5 Å². The number of ether oxygens (including phenoxy) is 2. The molecule has 3 amide bonds. The molecule has 0 spiro atoms. The first-order valence-electron chi connectivity index (χ1n) is 8.56. The Bertz CT molecular complexity index is 674. The SMILES string of the molecule is COc1ccc(Cl)cc1C(=O)O[C@@H](C)C(=O)NC(=O)NC1CCCCC1. The molecule has 1 aliphatic rings. The number of urea groups is 1. The number of esters is 1. The van der Waals surface area contributed by atoms with E-state index < -0.39 is 24.0 Å². The minimum atomic E-state index is -1.15. The van der Waals surface area contributed by atoms with Crippen LogP contribution in [0.3, 0.4) is 0 Å². The molecule has 2 N–H and O–H groups in total. The minimum absolute atomic E-state index is 0.0742. The molecule has 8 heteroatoms. The molecule has 0 aliphatic heterocycles. The number of nitrogens with one attached hydrogen (secondary N) is 2. The molecule has 0 radical (unpaired) electrons. The molecule has 1 saturated carbocycles. The molecule has 1 aromatic carbocycles. The van der Waals surface area contributed by atoms with Crippen molar-refractivity contribution in [3.8, 4) is 5.75 Å². The van der Waals surface area contributed by atoms with Gasteiger partial charge in [0.15, 0.2) is 6.10 Å². The van der Waals surface area contributed by atoms with Crippen LogP contribution in [0.15, 0.2) is 18.2 Å². The van der Waals surface area contributed by atoms with Gasteiger partial charge in [0.05, 0.1) is 7.11 Å². The fourth-order valence-corrected chi connectivity index (χ4v) is 2.97. The second kappa shape index (κ2) is 9.43. The van der Waals surface area contributed by atoms with Gasteiger partial charge >= 0.3 is 12.0 Å². The highest BCUT2D eigenvalue weighted by atomic mass is 35.5. The van der Waals surface area contributed by atoms with E-state index in [-0.39, 0.29) is 17.4 Å². The summed E-state index contributed by atoms with van der Waals surface area (Å²) >= 11 is 5.88. The van der Waals surface area contributed by atoms with Gasteiger partial charge < -0.3 is 14.8 Å². The second-order valence-corrected chi connectivity index (χ2v) is 6.63. The van der Waals surface area contributed by atoms with Crippen LogP contribution in [-0.2, 0) is 9.53 Å². The van der Waals surface area contributed by atoms with Crippen molar-refractivity contribution in [2.24, 2.45) is 0 Å². The highest BCUT2D eigenvalue weighted by Crippen LogP contribution is 2.23. The van der Waals surface area contributed by atoms with Gasteiger partial charge in [0.1, 0.15) is 11.3 Å². The summed E-state index contributed by atoms with van der Waals surface area (Å²) in [6.07, 6.45) is 3.95. The zero-order chi connectivity index (χ0) is 19.1. The molecular weight excluding hydrogens is 360 g/mol. The highest BCUT2D eigenvalue weighted by molar-refractivity contribution is 6.31. The van der Waals surface area contributed by atoms with Gasteiger partial charge in [0.25, 0.3) is 5.91 Å². The normalized spacial score (nSPS) is 15.7. The first-order valence-corrected chi connectivity index (χ1v) is 8.94. The number of benzene rings is 1. The summed E-state index contributed by atoms with van der Waals surface area (Å²) in [5.74, 6) is -1.19. The molecule has 0 unspecified atom stereocenters. The third-order valence-corrected chi connectivity index (χ3v) is 4.45. The third kappa shape index (κ3) is 5.62. The summed E-state index contributed by atoms with van der Waals surface area (Å²) in [5, 5.41) is 5.30. The fourth-order valence-electron chi connectivity index (χ4n) is 2.80.